The minimum atomic E-state index is -0.615. The Labute approximate surface area is 158 Å². The fraction of sp³-hybridized carbons (Fsp3) is 0.176. The maximum Gasteiger partial charge on any atom is 0.338 e. The Kier molecular flexibility index (Phi) is 6.44. The maximum atomic E-state index is 12.2. The predicted octanol–water partition coefficient (Wildman–Crippen LogP) is 4.00. The van der Waals surface area contributed by atoms with Gasteiger partial charge in [-0.05, 0) is 59.0 Å². The van der Waals surface area contributed by atoms with Crippen LogP contribution in [0.2, 0.25) is 5.02 Å². The van der Waals surface area contributed by atoms with Gasteiger partial charge in [-0.25, -0.2) is 4.79 Å². The van der Waals surface area contributed by atoms with Crippen LogP contribution >= 0.6 is 34.2 Å². The first kappa shape index (κ1) is 18.5. The number of hydrogen-bond donors (Lipinski definition) is 0. The molecule has 0 saturated carbocycles. The smallest absolute Gasteiger partial charge is 0.338 e. The number of esters is 1. The van der Waals surface area contributed by atoms with Crippen LogP contribution in [0.4, 0.5) is 0 Å². The zero-order valence-electron chi connectivity index (χ0n) is 13.0. The molecule has 0 atom stereocenters. The lowest BCUT2D eigenvalue weighted by Gasteiger charge is -2.11. The van der Waals surface area contributed by atoms with Gasteiger partial charge in [-0.2, -0.15) is 0 Å². The SMILES string of the molecule is COc1cc(C(=O)OCC(=O)c2ccc(Cl)cc2)cc(I)c1OC. The molecule has 0 spiro atoms. The lowest BCUT2D eigenvalue weighted by atomic mass is 10.1. The van der Waals surface area contributed by atoms with E-state index in [0.29, 0.717) is 25.7 Å². The van der Waals surface area contributed by atoms with E-state index in [4.69, 9.17) is 25.8 Å². The Morgan fingerprint density at radius 1 is 1.04 bits per heavy atom. The van der Waals surface area contributed by atoms with Crippen LogP contribution in [-0.4, -0.2) is 32.6 Å². The largest absolute Gasteiger partial charge is 0.493 e. The van der Waals surface area contributed by atoms with Gasteiger partial charge >= 0.3 is 5.97 Å². The van der Waals surface area contributed by atoms with Gasteiger partial charge in [-0.1, -0.05) is 11.6 Å². The van der Waals surface area contributed by atoms with Crippen LogP contribution in [0.25, 0.3) is 0 Å². The fourth-order valence-electron chi connectivity index (χ4n) is 1.97. The van der Waals surface area contributed by atoms with Gasteiger partial charge in [0.2, 0.25) is 0 Å². The zero-order valence-corrected chi connectivity index (χ0v) is 15.9. The molecule has 0 aromatic heterocycles. The second-order valence-electron chi connectivity index (χ2n) is 4.70. The highest BCUT2D eigenvalue weighted by atomic mass is 127. The average molecular weight is 461 g/mol. The third-order valence-electron chi connectivity index (χ3n) is 3.17. The van der Waals surface area contributed by atoms with E-state index in [1.54, 1.807) is 30.3 Å². The Bertz CT molecular complexity index is 758. The van der Waals surface area contributed by atoms with E-state index in [1.165, 1.54) is 20.3 Å². The molecule has 0 fully saturated rings. The molecular formula is C17H14ClIO5. The molecule has 126 valence electrons. The monoisotopic (exact) mass is 460 g/mol. The van der Waals surface area contributed by atoms with Crippen molar-refractivity contribution in [2.45, 2.75) is 0 Å². The number of halogens is 2. The third-order valence-corrected chi connectivity index (χ3v) is 4.22. The molecule has 0 bridgehead atoms. The molecule has 2 rings (SSSR count). The van der Waals surface area contributed by atoms with Crippen LogP contribution in [0, 0.1) is 3.57 Å². The number of carbonyl (C=O) groups excluding carboxylic acids is 2. The molecule has 7 heteroatoms. The van der Waals surface area contributed by atoms with E-state index in [2.05, 4.69) is 0 Å². The molecule has 0 unspecified atom stereocenters. The standard InChI is InChI=1S/C17H14ClIO5/c1-22-15-8-11(7-13(19)16(15)23-2)17(21)24-9-14(20)10-3-5-12(18)6-4-10/h3-8H,9H2,1-2H3. The molecule has 0 saturated heterocycles. The summed E-state index contributed by atoms with van der Waals surface area (Å²) >= 11 is 7.80. The predicted molar refractivity (Wildman–Crippen MR) is 98.3 cm³/mol. The minimum absolute atomic E-state index is 0.279. The maximum absolute atomic E-state index is 12.2. The number of ether oxygens (including phenoxy) is 3. The normalized spacial score (nSPS) is 10.2. The molecule has 2 aromatic rings. The van der Waals surface area contributed by atoms with E-state index >= 15 is 0 Å². The summed E-state index contributed by atoms with van der Waals surface area (Å²) in [7, 11) is 3.00. The van der Waals surface area contributed by atoms with Gasteiger partial charge < -0.3 is 14.2 Å². The van der Waals surface area contributed by atoms with Crippen LogP contribution in [0.5, 0.6) is 11.5 Å². The first-order chi connectivity index (χ1) is 11.5. The molecule has 0 aliphatic heterocycles. The molecule has 0 amide bonds. The van der Waals surface area contributed by atoms with Gasteiger partial charge in [0.05, 0.1) is 23.4 Å². The number of benzene rings is 2. The summed E-state index contributed by atoms with van der Waals surface area (Å²) in [6, 6.07) is 9.49. The molecule has 0 radical (unpaired) electrons. The van der Waals surface area contributed by atoms with Crippen LogP contribution in [-0.2, 0) is 4.74 Å². The second kappa shape index (κ2) is 8.34. The summed E-state index contributed by atoms with van der Waals surface area (Å²) in [5.74, 6) is 0.0265. The summed E-state index contributed by atoms with van der Waals surface area (Å²) in [5, 5.41) is 0.531. The van der Waals surface area contributed by atoms with Gasteiger partial charge in [-0.3, -0.25) is 4.79 Å². The number of carbonyl (C=O) groups is 2. The van der Waals surface area contributed by atoms with Crippen molar-refractivity contribution in [1.82, 2.24) is 0 Å². The highest BCUT2D eigenvalue weighted by Crippen LogP contribution is 2.33. The average Bonchev–Trinajstić information content (AvgIpc) is 2.59. The first-order valence-corrected chi connectivity index (χ1v) is 8.29. The van der Waals surface area contributed by atoms with E-state index in [1.807, 2.05) is 22.6 Å². The Morgan fingerprint density at radius 2 is 1.71 bits per heavy atom. The topological polar surface area (TPSA) is 61.8 Å². The highest BCUT2D eigenvalue weighted by Gasteiger charge is 2.17. The highest BCUT2D eigenvalue weighted by molar-refractivity contribution is 14.1. The quantitative estimate of drug-likeness (QED) is 0.370. The van der Waals surface area contributed by atoms with E-state index in [-0.39, 0.29) is 18.0 Å². The van der Waals surface area contributed by atoms with Gasteiger partial charge in [0.15, 0.2) is 23.9 Å². The third kappa shape index (κ3) is 4.39. The molecule has 0 aliphatic rings. The lowest BCUT2D eigenvalue weighted by molar-refractivity contribution is 0.0474. The van der Waals surface area contributed by atoms with E-state index in [0.717, 1.165) is 0 Å². The van der Waals surface area contributed by atoms with Crippen molar-refractivity contribution in [1.29, 1.82) is 0 Å². The van der Waals surface area contributed by atoms with Crippen molar-refractivity contribution in [3.63, 3.8) is 0 Å². The number of Topliss-reactive ketones (excluding diaryl/α,β-unsaturated/α-hetero) is 1. The van der Waals surface area contributed by atoms with Crippen LogP contribution < -0.4 is 9.47 Å². The first-order valence-electron chi connectivity index (χ1n) is 6.83. The van der Waals surface area contributed by atoms with Crippen molar-refractivity contribution >= 4 is 45.9 Å². The van der Waals surface area contributed by atoms with Gasteiger partial charge in [-0.15, -0.1) is 0 Å². The molecule has 0 heterocycles. The van der Waals surface area contributed by atoms with Crippen molar-refractivity contribution in [3.8, 4) is 11.5 Å². The summed E-state index contributed by atoms with van der Waals surface area (Å²) < 4.78 is 16.2. The van der Waals surface area contributed by atoms with Crippen molar-refractivity contribution < 1.29 is 23.8 Å². The van der Waals surface area contributed by atoms with Crippen LogP contribution in [0.1, 0.15) is 20.7 Å². The molecule has 0 N–H and O–H groups in total. The van der Waals surface area contributed by atoms with Crippen LogP contribution in [0.15, 0.2) is 36.4 Å². The lowest BCUT2D eigenvalue weighted by Crippen LogP contribution is -2.14. The second-order valence-corrected chi connectivity index (χ2v) is 6.30. The summed E-state index contributed by atoms with van der Waals surface area (Å²) in [6.45, 7) is -0.356. The number of methoxy groups -OCH3 is 2. The molecule has 2 aromatic carbocycles. The molecule has 5 nitrogen and oxygen atoms in total. The van der Waals surface area contributed by atoms with E-state index < -0.39 is 5.97 Å². The van der Waals surface area contributed by atoms with Crippen molar-refractivity contribution in [2.24, 2.45) is 0 Å². The zero-order chi connectivity index (χ0) is 17.7. The van der Waals surface area contributed by atoms with Gasteiger partial charge in [0.1, 0.15) is 0 Å². The van der Waals surface area contributed by atoms with Crippen molar-refractivity contribution in [3.05, 3.63) is 56.1 Å². The van der Waals surface area contributed by atoms with Gasteiger partial charge in [0.25, 0.3) is 0 Å². The Hall–Kier alpha value is -1.80. The summed E-state index contributed by atoms with van der Waals surface area (Å²) in [5.41, 5.74) is 0.704. The van der Waals surface area contributed by atoms with E-state index in [9.17, 15) is 9.59 Å². The Morgan fingerprint density at radius 3 is 2.29 bits per heavy atom. The molecule has 24 heavy (non-hydrogen) atoms. The minimum Gasteiger partial charge on any atom is -0.493 e. The van der Waals surface area contributed by atoms with Gasteiger partial charge in [0, 0.05) is 10.6 Å². The fourth-order valence-corrected chi connectivity index (χ4v) is 2.92. The summed E-state index contributed by atoms with van der Waals surface area (Å²) in [4.78, 5) is 24.2. The number of hydrogen-bond acceptors (Lipinski definition) is 5. The Balaban J connectivity index is 2.08. The van der Waals surface area contributed by atoms with Crippen LogP contribution in [0.3, 0.4) is 0 Å². The number of rotatable bonds is 6. The van der Waals surface area contributed by atoms with Crippen molar-refractivity contribution in [2.75, 3.05) is 20.8 Å². The summed E-state index contributed by atoms with van der Waals surface area (Å²) in [6.07, 6.45) is 0. The molecular weight excluding hydrogens is 447 g/mol. The number of ketones is 1. The molecule has 0 aliphatic carbocycles.